The average molecular weight is 316 g/mol. The number of rotatable bonds is 2. The van der Waals surface area contributed by atoms with Crippen molar-refractivity contribution >= 4 is 11.0 Å². The van der Waals surface area contributed by atoms with E-state index in [0.717, 1.165) is 49.0 Å². The molecule has 4 rings (SSSR count). The van der Waals surface area contributed by atoms with Gasteiger partial charge in [0.15, 0.2) is 5.79 Å². The second-order valence-corrected chi connectivity index (χ2v) is 6.62. The molecule has 0 atom stereocenters. The standard InChI is InChI=1S/C18H21NO4/c1-13-2-3-15-14(11-17(20)23-16(15)10-13)12-19-6-4-18(5-7-19)21-8-9-22-18/h2-3,10-11H,4-9,12H2,1H3/p+1. The summed E-state index contributed by atoms with van der Waals surface area (Å²) < 4.78 is 16.9. The number of quaternary nitrogens is 1. The number of piperidine rings is 1. The number of benzene rings is 1. The zero-order chi connectivity index (χ0) is 15.9. The van der Waals surface area contributed by atoms with Crippen molar-refractivity contribution in [3.8, 4) is 0 Å². The minimum absolute atomic E-state index is 0.270. The summed E-state index contributed by atoms with van der Waals surface area (Å²) in [6.07, 6.45) is 1.83. The van der Waals surface area contributed by atoms with Gasteiger partial charge in [0.1, 0.15) is 12.1 Å². The SMILES string of the molecule is Cc1ccc2c(C[NH+]3CCC4(CC3)OCCO4)cc(=O)oc2c1. The van der Waals surface area contributed by atoms with Gasteiger partial charge in [0.05, 0.1) is 39.1 Å². The highest BCUT2D eigenvalue weighted by atomic mass is 16.7. The van der Waals surface area contributed by atoms with Gasteiger partial charge in [-0.05, 0) is 18.6 Å². The number of fused-ring (bicyclic) bond motifs is 1. The highest BCUT2D eigenvalue weighted by molar-refractivity contribution is 5.80. The van der Waals surface area contributed by atoms with Crippen molar-refractivity contribution < 1.29 is 18.8 Å². The van der Waals surface area contributed by atoms with E-state index in [9.17, 15) is 4.79 Å². The predicted octanol–water partition coefficient (Wildman–Crippen LogP) is 1.02. The van der Waals surface area contributed by atoms with Crippen LogP contribution in [0.3, 0.4) is 0 Å². The zero-order valence-electron chi connectivity index (χ0n) is 13.4. The summed E-state index contributed by atoms with van der Waals surface area (Å²) in [7, 11) is 0. The molecule has 1 aromatic carbocycles. The Bertz CT molecular complexity index is 766. The lowest BCUT2D eigenvalue weighted by Crippen LogP contribution is -3.12. The van der Waals surface area contributed by atoms with Crippen LogP contribution < -0.4 is 10.5 Å². The van der Waals surface area contributed by atoms with Crippen molar-refractivity contribution in [2.75, 3.05) is 26.3 Å². The number of aryl methyl sites for hydroxylation is 1. The Morgan fingerprint density at radius 3 is 2.61 bits per heavy atom. The van der Waals surface area contributed by atoms with Crippen LogP contribution in [0.15, 0.2) is 33.5 Å². The summed E-state index contributed by atoms with van der Waals surface area (Å²) in [5.74, 6) is -0.335. The minimum Gasteiger partial charge on any atom is -0.423 e. The number of hydrogen-bond donors (Lipinski definition) is 1. The molecule has 23 heavy (non-hydrogen) atoms. The van der Waals surface area contributed by atoms with Crippen LogP contribution in [-0.2, 0) is 16.0 Å². The number of ether oxygens (including phenoxy) is 2. The van der Waals surface area contributed by atoms with Crippen LogP contribution in [0, 0.1) is 6.92 Å². The molecular formula is C18H22NO4+. The molecule has 2 saturated heterocycles. The fourth-order valence-corrected chi connectivity index (χ4v) is 3.70. The van der Waals surface area contributed by atoms with E-state index < -0.39 is 0 Å². The second kappa shape index (κ2) is 5.74. The summed E-state index contributed by atoms with van der Waals surface area (Å²) in [6.45, 7) is 6.24. The Balaban J connectivity index is 1.55. The molecule has 2 aliphatic rings. The Morgan fingerprint density at radius 1 is 1.13 bits per heavy atom. The van der Waals surface area contributed by atoms with Crippen LogP contribution in [0.4, 0.5) is 0 Å². The van der Waals surface area contributed by atoms with Crippen LogP contribution in [0.5, 0.6) is 0 Å². The third-order valence-electron chi connectivity index (χ3n) is 4.96. The Labute approximate surface area is 134 Å². The zero-order valence-corrected chi connectivity index (χ0v) is 13.4. The molecule has 0 amide bonds. The molecule has 3 heterocycles. The van der Waals surface area contributed by atoms with Crippen molar-refractivity contribution in [2.24, 2.45) is 0 Å². The highest BCUT2D eigenvalue weighted by Gasteiger charge is 2.41. The van der Waals surface area contributed by atoms with E-state index in [2.05, 4.69) is 12.1 Å². The molecular weight excluding hydrogens is 294 g/mol. The Hall–Kier alpha value is -1.69. The fourth-order valence-electron chi connectivity index (χ4n) is 3.70. The van der Waals surface area contributed by atoms with Crippen molar-refractivity contribution in [1.29, 1.82) is 0 Å². The van der Waals surface area contributed by atoms with E-state index in [1.54, 1.807) is 6.07 Å². The summed E-state index contributed by atoms with van der Waals surface area (Å²) in [4.78, 5) is 13.3. The van der Waals surface area contributed by atoms with Crippen LogP contribution in [0.25, 0.3) is 11.0 Å². The van der Waals surface area contributed by atoms with Crippen molar-refractivity contribution in [3.05, 3.63) is 45.8 Å². The third kappa shape index (κ3) is 2.92. The molecule has 0 bridgehead atoms. The summed E-state index contributed by atoms with van der Waals surface area (Å²) in [5, 5.41) is 1.04. The first-order chi connectivity index (χ1) is 11.1. The number of likely N-dealkylation sites (tertiary alicyclic amines) is 1. The lowest BCUT2D eigenvalue weighted by molar-refractivity contribution is -0.922. The van der Waals surface area contributed by atoms with Gasteiger partial charge in [-0.2, -0.15) is 0 Å². The Kier molecular flexibility index (Phi) is 3.71. The van der Waals surface area contributed by atoms with Crippen LogP contribution in [0.2, 0.25) is 0 Å². The normalized spacial score (nSPS) is 21.3. The molecule has 5 heteroatoms. The lowest BCUT2D eigenvalue weighted by atomic mass is 10.0. The molecule has 2 fully saturated rings. The number of hydrogen-bond acceptors (Lipinski definition) is 4. The average Bonchev–Trinajstić information content (AvgIpc) is 2.97. The van der Waals surface area contributed by atoms with Crippen LogP contribution in [-0.4, -0.2) is 32.1 Å². The molecule has 5 nitrogen and oxygen atoms in total. The van der Waals surface area contributed by atoms with Gasteiger partial charge in [0, 0.05) is 17.0 Å². The molecule has 1 aromatic heterocycles. The first-order valence-corrected chi connectivity index (χ1v) is 8.28. The Morgan fingerprint density at radius 2 is 1.87 bits per heavy atom. The minimum atomic E-state index is -0.335. The number of nitrogens with one attached hydrogen (secondary N) is 1. The van der Waals surface area contributed by atoms with E-state index in [1.807, 2.05) is 13.0 Å². The van der Waals surface area contributed by atoms with Gasteiger partial charge < -0.3 is 18.8 Å². The lowest BCUT2D eigenvalue weighted by Gasteiger charge is -2.35. The third-order valence-corrected chi connectivity index (χ3v) is 4.96. The summed E-state index contributed by atoms with van der Waals surface area (Å²) >= 11 is 0. The molecule has 0 unspecified atom stereocenters. The first kappa shape index (κ1) is 14.9. The maximum atomic E-state index is 11.8. The van der Waals surface area contributed by atoms with Crippen molar-refractivity contribution in [2.45, 2.75) is 32.1 Å². The second-order valence-electron chi connectivity index (χ2n) is 6.62. The van der Waals surface area contributed by atoms with Gasteiger partial charge in [0.25, 0.3) is 0 Å². The van der Waals surface area contributed by atoms with E-state index in [4.69, 9.17) is 13.9 Å². The van der Waals surface area contributed by atoms with E-state index in [-0.39, 0.29) is 11.4 Å². The van der Waals surface area contributed by atoms with Gasteiger partial charge >= 0.3 is 5.63 Å². The molecule has 0 saturated carbocycles. The topological polar surface area (TPSA) is 53.1 Å². The molecule has 2 aromatic rings. The van der Waals surface area contributed by atoms with Gasteiger partial charge in [0.2, 0.25) is 0 Å². The quantitative estimate of drug-likeness (QED) is 0.841. The molecule has 1 spiro atoms. The van der Waals surface area contributed by atoms with E-state index >= 15 is 0 Å². The molecule has 0 radical (unpaired) electrons. The largest absolute Gasteiger partial charge is 0.423 e. The van der Waals surface area contributed by atoms with E-state index in [1.165, 1.54) is 4.90 Å². The monoisotopic (exact) mass is 316 g/mol. The van der Waals surface area contributed by atoms with Gasteiger partial charge in [-0.1, -0.05) is 12.1 Å². The maximum Gasteiger partial charge on any atom is 0.336 e. The van der Waals surface area contributed by atoms with Gasteiger partial charge in [-0.15, -0.1) is 0 Å². The predicted molar refractivity (Wildman–Crippen MR) is 85.5 cm³/mol. The van der Waals surface area contributed by atoms with Crippen molar-refractivity contribution in [1.82, 2.24) is 0 Å². The van der Waals surface area contributed by atoms with Gasteiger partial charge in [-0.25, -0.2) is 4.79 Å². The fraction of sp³-hybridized carbons (Fsp3) is 0.500. The maximum absolute atomic E-state index is 11.8. The summed E-state index contributed by atoms with van der Waals surface area (Å²) in [6, 6.07) is 7.68. The molecule has 2 aliphatic heterocycles. The van der Waals surface area contributed by atoms with Crippen LogP contribution in [0.1, 0.15) is 24.0 Å². The highest BCUT2D eigenvalue weighted by Crippen LogP contribution is 2.27. The smallest absolute Gasteiger partial charge is 0.336 e. The summed E-state index contributed by atoms with van der Waals surface area (Å²) in [5.41, 5.74) is 2.58. The van der Waals surface area contributed by atoms with Crippen LogP contribution >= 0.6 is 0 Å². The molecule has 0 aliphatic carbocycles. The van der Waals surface area contributed by atoms with Crippen molar-refractivity contribution in [3.63, 3.8) is 0 Å². The molecule has 122 valence electrons. The van der Waals surface area contributed by atoms with E-state index in [0.29, 0.717) is 18.8 Å². The first-order valence-electron chi connectivity index (χ1n) is 8.28. The molecule has 1 N–H and O–H groups in total. The van der Waals surface area contributed by atoms with Gasteiger partial charge in [-0.3, -0.25) is 0 Å².